The summed E-state index contributed by atoms with van der Waals surface area (Å²) in [4.78, 5) is 13.4. The van der Waals surface area contributed by atoms with Crippen LogP contribution in [0.2, 0.25) is 0 Å². The molecule has 44 heavy (non-hydrogen) atoms. The Bertz CT molecular complexity index is 1350. The van der Waals surface area contributed by atoms with Gasteiger partial charge in [-0.25, -0.2) is 4.79 Å². The van der Waals surface area contributed by atoms with Crippen LogP contribution in [0, 0.1) is 50.2 Å². The lowest BCUT2D eigenvalue weighted by molar-refractivity contribution is -0.351. The summed E-state index contributed by atoms with van der Waals surface area (Å²) in [6.07, 6.45) is 13.4. The van der Waals surface area contributed by atoms with Gasteiger partial charge in [-0.05, 0) is 123 Å². The Hall–Kier alpha value is -1.65. The number of esters is 1. The minimum Gasteiger partial charge on any atom is -0.458 e. The smallest absolute Gasteiger partial charge is 0.338 e. The molecule has 0 aromatic heterocycles. The molecule has 1 aliphatic heterocycles. The van der Waals surface area contributed by atoms with Crippen LogP contribution in [-0.4, -0.2) is 30.6 Å². The molecular weight excluding hydrogens is 544 g/mol. The van der Waals surface area contributed by atoms with Gasteiger partial charge in [-0.2, -0.15) is 0 Å². The van der Waals surface area contributed by atoms with Crippen molar-refractivity contribution < 1.29 is 19.0 Å². The van der Waals surface area contributed by atoms with E-state index in [0.29, 0.717) is 23.3 Å². The third kappa shape index (κ3) is 4.24. The average Bonchev–Trinajstić information content (AvgIpc) is 2.95. The lowest BCUT2D eigenvalue weighted by atomic mass is 9.33. The van der Waals surface area contributed by atoms with E-state index in [1.165, 1.54) is 38.5 Å². The molecule has 0 spiro atoms. The number of allylic oxidation sites excluding steroid dienone is 2. The van der Waals surface area contributed by atoms with Crippen LogP contribution in [0.1, 0.15) is 130 Å². The maximum absolute atomic E-state index is 13.4. The van der Waals surface area contributed by atoms with Crippen molar-refractivity contribution in [3.05, 3.63) is 47.5 Å². The third-order valence-electron chi connectivity index (χ3n) is 15.2. The van der Waals surface area contributed by atoms with Crippen molar-refractivity contribution in [1.82, 2.24) is 0 Å². The Labute approximate surface area is 267 Å². The predicted molar refractivity (Wildman–Crippen MR) is 175 cm³/mol. The van der Waals surface area contributed by atoms with Gasteiger partial charge in [0.1, 0.15) is 6.10 Å². The SMILES string of the molecule is CC1(C)C[C@@H]2C3=CC[C@@H]4[C@@]5(C)CC[C@@H]6OC(C)(C)OC[C@]6(C)[C@@H]5CC[C@@]4(C)[C@]3(C)CC[C@@]2(C)[C@H](OC(=O)c2ccccc2)C1. The lowest BCUT2D eigenvalue weighted by Crippen LogP contribution is -2.68. The second kappa shape index (κ2) is 9.69. The van der Waals surface area contributed by atoms with Crippen LogP contribution in [0.5, 0.6) is 0 Å². The Morgan fingerprint density at radius 2 is 1.52 bits per heavy atom. The summed E-state index contributed by atoms with van der Waals surface area (Å²) in [6, 6.07) is 9.59. The lowest BCUT2D eigenvalue weighted by Gasteiger charge is -2.72. The van der Waals surface area contributed by atoms with Crippen molar-refractivity contribution in [3.8, 4) is 0 Å². The summed E-state index contributed by atoms with van der Waals surface area (Å²) >= 11 is 0. The minimum atomic E-state index is -0.479. The molecule has 1 aromatic carbocycles. The van der Waals surface area contributed by atoms with Gasteiger partial charge in [-0.15, -0.1) is 0 Å². The van der Waals surface area contributed by atoms with Gasteiger partial charge in [0.15, 0.2) is 5.79 Å². The number of benzene rings is 1. The standard InChI is InChI=1S/C40H58O4/c1-34(2)23-28-27-15-16-30-37(6)19-18-31-38(7,25-42-35(3,4)44-31)29(37)17-20-40(30,9)39(27,8)22-21-36(28,5)32(24-34)43-33(41)26-13-11-10-12-14-26/h10-15,28-32H,16-25H2,1-9H3/t28-,29-,30-,31+,32-,36-,37+,38-,39-,40-/m1/s1. The number of carbonyl (C=O) groups is 1. The molecule has 5 fully saturated rings. The summed E-state index contributed by atoms with van der Waals surface area (Å²) in [5.74, 6) is 1.07. The van der Waals surface area contributed by atoms with E-state index in [0.717, 1.165) is 25.9 Å². The molecule has 1 aromatic rings. The van der Waals surface area contributed by atoms with Crippen LogP contribution < -0.4 is 0 Å². The van der Waals surface area contributed by atoms with Crippen molar-refractivity contribution in [2.24, 2.45) is 50.2 Å². The van der Waals surface area contributed by atoms with E-state index in [2.05, 4.69) is 68.4 Å². The molecule has 1 saturated heterocycles. The van der Waals surface area contributed by atoms with Crippen molar-refractivity contribution in [3.63, 3.8) is 0 Å². The molecule has 242 valence electrons. The first-order valence-corrected chi connectivity index (χ1v) is 17.8. The average molecular weight is 603 g/mol. The molecule has 0 bridgehead atoms. The van der Waals surface area contributed by atoms with E-state index in [1.54, 1.807) is 5.57 Å². The molecule has 0 unspecified atom stereocenters. The Kier molecular flexibility index (Phi) is 6.82. The van der Waals surface area contributed by atoms with Gasteiger partial charge in [-0.3, -0.25) is 0 Å². The third-order valence-corrected chi connectivity index (χ3v) is 15.2. The minimum absolute atomic E-state index is 0.0370. The van der Waals surface area contributed by atoms with Crippen LogP contribution in [0.15, 0.2) is 42.0 Å². The Morgan fingerprint density at radius 1 is 0.795 bits per heavy atom. The highest BCUT2D eigenvalue weighted by Gasteiger charge is 2.70. The van der Waals surface area contributed by atoms with Crippen LogP contribution in [0.3, 0.4) is 0 Å². The molecule has 0 N–H and O–H groups in total. The zero-order valence-corrected chi connectivity index (χ0v) is 29.1. The van der Waals surface area contributed by atoms with Gasteiger partial charge in [0.2, 0.25) is 0 Å². The van der Waals surface area contributed by atoms with Gasteiger partial charge in [-0.1, -0.05) is 78.3 Å². The monoisotopic (exact) mass is 602 g/mol. The zero-order chi connectivity index (χ0) is 31.6. The molecule has 0 radical (unpaired) electrons. The number of ether oxygens (including phenoxy) is 3. The Balaban J connectivity index is 1.22. The van der Waals surface area contributed by atoms with Crippen LogP contribution in [-0.2, 0) is 14.2 Å². The predicted octanol–water partition coefficient (Wildman–Crippen LogP) is 9.78. The first kappa shape index (κ1) is 31.0. The maximum atomic E-state index is 13.4. The van der Waals surface area contributed by atoms with Crippen molar-refractivity contribution in [1.29, 1.82) is 0 Å². The zero-order valence-electron chi connectivity index (χ0n) is 29.1. The number of carbonyl (C=O) groups excluding carboxylic acids is 1. The van der Waals surface area contributed by atoms with Crippen LogP contribution >= 0.6 is 0 Å². The quantitative estimate of drug-likeness (QED) is 0.250. The second-order valence-electron chi connectivity index (χ2n) is 18.5. The Morgan fingerprint density at radius 3 is 2.25 bits per heavy atom. The molecule has 4 heteroatoms. The summed E-state index contributed by atoms with van der Waals surface area (Å²) in [7, 11) is 0. The van der Waals surface area contributed by atoms with E-state index in [4.69, 9.17) is 14.2 Å². The van der Waals surface area contributed by atoms with E-state index in [9.17, 15) is 4.79 Å². The maximum Gasteiger partial charge on any atom is 0.338 e. The second-order valence-corrected chi connectivity index (χ2v) is 18.5. The van der Waals surface area contributed by atoms with Gasteiger partial charge >= 0.3 is 5.97 Å². The van der Waals surface area contributed by atoms with E-state index in [-0.39, 0.29) is 50.7 Å². The van der Waals surface area contributed by atoms with Crippen molar-refractivity contribution in [2.45, 2.75) is 138 Å². The molecule has 4 saturated carbocycles. The fourth-order valence-electron chi connectivity index (χ4n) is 12.5. The first-order chi connectivity index (χ1) is 20.5. The van der Waals surface area contributed by atoms with E-state index < -0.39 is 5.79 Å². The topological polar surface area (TPSA) is 44.8 Å². The molecule has 6 aliphatic rings. The van der Waals surface area contributed by atoms with Crippen molar-refractivity contribution >= 4 is 5.97 Å². The van der Waals surface area contributed by atoms with Crippen LogP contribution in [0.25, 0.3) is 0 Å². The van der Waals surface area contributed by atoms with Gasteiger partial charge in [0.25, 0.3) is 0 Å². The molecular formula is C40H58O4. The van der Waals surface area contributed by atoms with Crippen molar-refractivity contribution in [2.75, 3.05) is 6.61 Å². The molecule has 1 heterocycles. The van der Waals surface area contributed by atoms with E-state index in [1.807, 2.05) is 30.3 Å². The highest BCUT2D eigenvalue weighted by atomic mass is 16.7. The van der Waals surface area contributed by atoms with Gasteiger partial charge in [0, 0.05) is 10.8 Å². The summed E-state index contributed by atoms with van der Waals surface area (Å²) in [5.41, 5.74) is 3.20. The summed E-state index contributed by atoms with van der Waals surface area (Å²) in [6.45, 7) is 22.7. The molecule has 5 aliphatic carbocycles. The molecule has 10 atom stereocenters. The first-order valence-electron chi connectivity index (χ1n) is 17.8. The highest BCUT2D eigenvalue weighted by Crippen LogP contribution is 2.76. The van der Waals surface area contributed by atoms with E-state index >= 15 is 0 Å². The number of fused-ring (bicyclic) bond motifs is 9. The molecule has 7 rings (SSSR count). The number of rotatable bonds is 2. The summed E-state index contributed by atoms with van der Waals surface area (Å²) in [5, 5.41) is 0. The van der Waals surface area contributed by atoms with Gasteiger partial charge < -0.3 is 14.2 Å². The fourth-order valence-corrected chi connectivity index (χ4v) is 12.5. The number of hydrogen-bond acceptors (Lipinski definition) is 4. The van der Waals surface area contributed by atoms with Gasteiger partial charge in [0.05, 0.1) is 18.3 Å². The number of hydrogen-bond donors (Lipinski definition) is 0. The largest absolute Gasteiger partial charge is 0.458 e. The summed E-state index contributed by atoms with van der Waals surface area (Å²) < 4.78 is 19.5. The molecule has 0 amide bonds. The van der Waals surface area contributed by atoms with Crippen LogP contribution in [0.4, 0.5) is 0 Å². The normalized spacial score (nSPS) is 48.8. The molecule has 4 nitrogen and oxygen atoms in total. The highest BCUT2D eigenvalue weighted by molar-refractivity contribution is 5.89. The fraction of sp³-hybridized carbons (Fsp3) is 0.775.